The molecule has 0 spiro atoms. The summed E-state index contributed by atoms with van der Waals surface area (Å²) in [6.45, 7) is 11.1. The van der Waals surface area contributed by atoms with Crippen molar-refractivity contribution in [3.8, 4) is 0 Å². The smallest absolute Gasteiger partial charge is 0.0154 e. The van der Waals surface area contributed by atoms with Crippen LogP contribution in [0.1, 0.15) is 53.9 Å². The molecule has 0 aliphatic heterocycles. The van der Waals surface area contributed by atoms with E-state index in [2.05, 4.69) is 34.6 Å². The summed E-state index contributed by atoms with van der Waals surface area (Å²) in [7, 11) is 0. The topological polar surface area (TPSA) is 26.0 Å². The molecular weight excluding hydrogens is 134 g/mol. The minimum Gasteiger partial charge on any atom is -0.325 e. The van der Waals surface area contributed by atoms with Gasteiger partial charge in [-0.3, -0.25) is 0 Å². The standard InChI is InChI=1S/C10H23N/c1-6-10(11,7-2)8-9(3,4)5/h6-8,11H2,1-5H3. The van der Waals surface area contributed by atoms with E-state index in [0.29, 0.717) is 5.41 Å². The van der Waals surface area contributed by atoms with Crippen LogP contribution in [0.5, 0.6) is 0 Å². The molecule has 0 aliphatic carbocycles. The average molecular weight is 157 g/mol. The molecule has 1 nitrogen and oxygen atoms in total. The minimum atomic E-state index is 0.0677. The Morgan fingerprint density at radius 3 is 1.45 bits per heavy atom. The summed E-state index contributed by atoms with van der Waals surface area (Å²) in [6.07, 6.45) is 3.29. The summed E-state index contributed by atoms with van der Waals surface area (Å²) >= 11 is 0. The lowest BCUT2D eigenvalue weighted by molar-refractivity contribution is 0.241. The zero-order chi connectivity index (χ0) is 9.12. The predicted molar refractivity (Wildman–Crippen MR) is 51.6 cm³/mol. The van der Waals surface area contributed by atoms with Crippen molar-refractivity contribution in [2.24, 2.45) is 11.1 Å². The lowest BCUT2D eigenvalue weighted by atomic mass is 9.77. The van der Waals surface area contributed by atoms with Gasteiger partial charge in [-0.1, -0.05) is 34.6 Å². The van der Waals surface area contributed by atoms with Crippen LogP contribution in [0.15, 0.2) is 0 Å². The summed E-state index contributed by atoms with van der Waals surface area (Å²) in [5, 5.41) is 0. The highest BCUT2D eigenvalue weighted by Gasteiger charge is 2.26. The summed E-state index contributed by atoms with van der Waals surface area (Å²) in [6, 6.07) is 0. The van der Waals surface area contributed by atoms with E-state index in [-0.39, 0.29) is 5.54 Å². The third kappa shape index (κ3) is 4.41. The highest BCUT2D eigenvalue weighted by atomic mass is 14.7. The van der Waals surface area contributed by atoms with Gasteiger partial charge in [-0.2, -0.15) is 0 Å². The van der Waals surface area contributed by atoms with Crippen LogP contribution >= 0.6 is 0 Å². The fourth-order valence-electron chi connectivity index (χ4n) is 1.56. The Morgan fingerprint density at radius 1 is 1.00 bits per heavy atom. The predicted octanol–water partition coefficient (Wildman–Crippen LogP) is 2.94. The van der Waals surface area contributed by atoms with Gasteiger partial charge >= 0.3 is 0 Å². The summed E-state index contributed by atoms with van der Waals surface area (Å²) < 4.78 is 0. The molecule has 0 saturated carbocycles. The third-order valence-electron chi connectivity index (χ3n) is 2.29. The van der Waals surface area contributed by atoms with Crippen LogP contribution in [0.4, 0.5) is 0 Å². The maximum Gasteiger partial charge on any atom is 0.0154 e. The molecule has 0 aromatic heterocycles. The Morgan fingerprint density at radius 2 is 1.36 bits per heavy atom. The van der Waals surface area contributed by atoms with E-state index < -0.39 is 0 Å². The minimum absolute atomic E-state index is 0.0677. The Balaban J connectivity index is 4.08. The molecule has 0 saturated heterocycles. The zero-order valence-corrected chi connectivity index (χ0v) is 8.70. The van der Waals surface area contributed by atoms with Crippen molar-refractivity contribution in [3.63, 3.8) is 0 Å². The van der Waals surface area contributed by atoms with Crippen molar-refractivity contribution in [3.05, 3.63) is 0 Å². The number of hydrogen-bond donors (Lipinski definition) is 1. The second-order valence-electron chi connectivity index (χ2n) is 4.81. The molecule has 2 N–H and O–H groups in total. The van der Waals surface area contributed by atoms with E-state index in [1.165, 1.54) is 0 Å². The third-order valence-corrected chi connectivity index (χ3v) is 2.29. The Hall–Kier alpha value is -0.0400. The van der Waals surface area contributed by atoms with Gasteiger partial charge in [-0.15, -0.1) is 0 Å². The number of hydrogen-bond acceptors (Lipinski definition) is 1. The molecule has 0 atom stereocenters. The van der Waals surface area contributed by atoms with Crippen LogP contribution in [0.3, 0.4) is 0 Å². The van der Waals surface area contributed by atoms with Crippen LogP contribution in [0.2, 0.25) is 0 Å². The van der Waals surface area contributed by atoms with E-state index >= 15 is 0 Å². The lowest BCUT2D eigenvalue weighted by Gasteiger charge is -2.33. The van der Waals surface area contributed by atoms with Crippen molar-refractivity contribution >= 4 is 0 Å². The Labute approximate surface area is 71.4 Å². The van der Waals surface area contributed by atoms with Gasteiger partial charge in [-0.05, 0) is 24.7 Å². The van der Waals surface area contributed by atoms with Gasteiger partial charge in [0.1, 0.15) is 0 Å². The largest absolute Gasteiger partial charge is 0.325 e. The normalized spacial score (nSPS) is 13.6. The van der Waals surface area contributed by atoms with Gasteiger partial charge in [-0.25, -0.2) is 0 Å². The molecule has 0 aliphatic rings. The maximum absolute atomic E-state index is 6.18. The second kappa shape index (κ2) is 3.57. The zero-order valence-electron chi connectivity index (χ0n) is 8.70. The second-order valence-corrected chi connectivity index (χ2v) is 4.81. The van der Waals surface area contributed by atoms with Crippen LogP contribution in [-0.4, -0.2) is 5.54 Å². The molecule has 0 unspecified atom stereocenters. The van der Waals surface area contributed by atoms with E-state index in [1.54, 1.807) is 0 Å². The monoisotopic (exact) mass is 157 g/mol. The first kappa shape index (κ1) is 11.0. The Kier molecular flexibility index (Phi) is 3.56. The molecule has 0 bridgehead atoms. The van der Waals surface area contributed by atoms with Crippen molar-refractivity contribution in [2.75, 3.05) is 0 Å². The van der Waals surface area contributed by atoms with E-state index in [0.717, 1.165) is 19.3 Å². The van der Waals surface area contributed by atoms with Gasteiger partial charge in [0, 0.05) is 5.54 Å². The van der Waals surface area contributed by atoms with Crippen LogP contribution in [0, 0.1) is 5.41 Å². The Bertz CT molecular complexity index is 107. The van der Waals surface area contributed by atoms with E-state index in [9.17, 15) is 0 Å². The van der Waals surface area contributed by atoms with Gasteiger partial charge in [0.05, 0.1) is 0 Å². The van der Waals surface area contributed by atoms with Crippen molar-refractivity contribution in [1.82, 2.24) is 0 Å². The fourth-order valence-corrected chi connectivity index (χ4v) is 1.56. The average Bonchev–Trinajstić information content (AvgIpc) is 1.84. The highest BCUT2D eigenvalue weighted by molar-refractivity contribution is 4.85. The highest BCUT2D eigenvalue weighted by Crippen LogP contribution is 2.29. The van der Waals surface area contributed by atoms with Crippen LogP contribution < -0.4 is 5.73 Å². The maximum atomic E-state index is 6.18. The molecular formula is C10H23N. The molecule has 68 valence electrons. The van der Waals surface area contributed by atoms with Gasteiger partial charge in [0.2, 0.25) is 0 Å². The van der Waals surface area contributed by atoms with Crippen LogP contribution in [0.25, 0.3) is 0 Å². The van der Waals surface area contributed by atoms with Gasteiger partial charge in [0.15, 0.2) is 0 Å². The van der Waals surface area contributed by atoms with Crippen molar-refractivity contribution in [1.29, 1.82) is 0 Å². The summed E-state index contributed by atoms with van der Waals surface area (Å²) in [5.41, 5.74) is 6.61. The summed E-state index contributed by atoms with van der Waals surface area (Å²) in [5.74, 6) is 0. The molecule has 0 heterocycles. The fraction of sp³-hybridized carbons (Fsp3) is 1.00. The van der Waals surface area contributed by atoms with Gasteiger partial charge < -0.3 is 5.73 Å². The molecule has 0 radical (unpaired) electrons. The first-order chi connectivity index (χ1) is 4.83. The molecule has 0 amide bonds. The number of rotatable bonds is 3. The molecule has 1 heteroatoms. The van der Waals surface area contributed by atoms with Crippen molar-refractivity contribution < 1.29 is 0 Å². The molecule has 0 aromatic carbocycles. The number of nitrogens with two attached hydrogens (primary N) is 1. The quantitative estimate of drug-likeness (QED) is 0.669. The van der Waals surface area contributed by atoms with Gasteiger partial charge in [0.25, 0.3) is 0 Å². The molecule has 11 heavy (non-hydrogen) atoms. The lowest BCUT2D eigenvalue weighted by Crippen LogP contribution is -2.41. The van der Waals surface area contributed by atoms with Crippen molar-refractivity contribution in [2.45, 2.75) is 59.4 Å². The SMILES string of the molecule is CCC(N)(CC)CC(C)(C)C. The molecule has 0 rings (SSSR count). The summed E-state index contributed by atoms with van der Waals surface area (Å²) in [4.78, 5) is 0. The molecule has 0 aromatic rings. The van der Waals surface area contributed by atoms with E-state index in [1.807, 2.05) is 0 Å². The van der Waals surface area contributed by atoms with E-state index in [4.69, 9.17) is 5.73 Å². The molecule has 0 fully saturated rings. The first-order valence-electron chi connectivity index (χ1n) is 4.62. The first-order valence-corrected chi connectivity index (χ1v) is 4.62. The van der Waals surface area contributed by atoms with Crippen LogP contribution in [-0.2, 0) is 0 Å².